The molecule has 0 aromatic rings. The van der Waals surface area contributed by atoms with Crippen LogP contribution in [0.1, 0.15) is 13.8 Å². The van der Waals surface area contributed by atoms with Crippen molar-refractivity contribution in [3.63, 3.8) is 0 Å². The zero-order valence-corrected chi connectivity index (χ0v) is 9.03. The molecule has 0 N–H and O–H groups in total. The van der Waals surface area contributed by atoms with E-state index in [0.717, 1.165) is 6.67 Å². The van der Waals surface area contributed by atoms with E-state index in [1.54, 1.807) is 12.2 Å². The van der Waals surface area contributed by atoms with Gasteiger partial charge in [-0.2, -0.15) is 5.06 Å². The number of hydrogen-bond acceptors (Lipinski definition) is 4. The van der Waals surface area contributed by atoms with Crippen molar-refractivity contribution in [1.82, 2.24) is 15.1 Å². The zero-order valence-electron chi connectivity index (χ0n) is 9.03. The van der Waals surface area contributed by atoms with Crippen LogP contribution in [0, 0.1) is 0 Å². The lowest BCUT2D eigenvalue weighted by Crippen LogP contribution is -2.47. The summed E-state index contributed by atoms with van der Waals surface area (Å²) in [6, 6.07) is 0.484. The fraction of sp³-hybridized carbons (Fsp3) is 1.00. The Morgan fingerprint density at radius 3 is 1.92 bits per heavy atom. The first-order valence-corrected chi connectivity index (χ1v) is 4.18. The predicted molar refractivity (Wildman–Crippen MR) is 50.3 cm³/mol. The molecule has 0 atom stereocenters. The van der Waals surface area contributed by atoms with Crippen LogP contribution in [0.2, 0.25) is 0 Å². The molecule has 0 fully saturated rings. The molecule has 0 saturated heterocycles. The van der Waals surface area contributed by atoms with Gasteiger partial charge in [-0.05, 0) is 13.8 Å². The van der Waals surface area contributed by atoms with E-state index in [1.165, 1.54) is 0 Å². The van der Waals surface area contributed by atoms with E-state index in [4.69, 9.17) is 4.84 Å². The van der Waals surface area contributed by atoms with Gasteiger partial charge in [0.15, 0.2) is 0 Å². The average molecular weight is 175 g/mol. The number of hydroxylamine groups is 2. The Kier molecular flexibility index (Phi) is 5.41. The van der Waals surface area contributed by atoms with Crippen LogP contribution in [0.5, 0.6) is 0 Å². The van der Waals surface area contributed by atoms with E-state index in [0.29, 0.717) is 6.04 Å². The fourth-order valence-electron chi connectivity index (χ4n) is 1.01. The van der Waals surface area contributed by atoms with Crippen LogP contribution < -0.4 is 0 Å². The summed E-state index contributed by atoms with van der Waals surface area (Å²) in [6.07, 6.45) is 0. The summed E-state index contributed by atoms with van der Waals surface area (Å²) in [5.41, 5.74) is 0. The van der Waals surface area contributed by atoms with Gasteiger partial charge in [0, 0.05) is 27.2 Å². The summed E-state index contributed by atoms with van der Waals surface area (Å²) in [6.45, 7) is 5.09. The van der Waals surface area contributed by atoms with E-state index in [2.05, 4.69) is 23.9 Å². The first kappa shape index (κ1) is 11.8. The third-order valence-corrected chi connectivity index (χ3v) is 1.77. The third-order valence-electron chi connectivity index (χ3n) is 1.77. The number of hydrogen-bond donors (Lipinski definition) is 0. The summed E-state index contributed by atoms with van der Waals surface area (Å²) in [5.74, 6) is 0. The van der Waals surface area contributed by atoms with E-state index in [-0.39, 0.29) is 0 Å². The van der Waals surface area contributed by atoms with Crippen LogP contribution in [-0.2, 0) is 4.84 Å². The second-order valence-electron chi connectivity index (χ2n) is 3.33. The Labute approximate surface area is 75.6 Å². The first-order chi connectivity index (χ1) is 5.49. The maximum absolute atomic E-state index is 5.05. The summed E-state index contributed by atoms with van der Waals surface area (Å²) >= 11 is 0. The second-order valence-corrected chi connectivity index (χ2v) is 3.33. The van der Waals surface area contributed by atoms with Gasteiger partial charge in [0.05, 0.1) is 13.8 Å². The van der Waals surface area contributed by atoms with Crippen molar-refractivity contribution >= 4 is 0 Å². The lowest BCUT2D eigenvalue weighted by atomic mass is 10.4. The fourth-order valence-corrected chi connectivity index (χ4v) is 1.01. The van der Waals surface area contributed by atoms with E-state index in [1.807, 2.05) is 21.1 Å². The van der Waals surface area contributed by atoms with E-state index >= 15 is 0 Å². The van der Waals surface area contributed by atoms with Gasteiger partial charge in [0.1, 0.15) is 0 Å². The quantitative estimate of drug-likeness (QED) is 0.450. The van der Waals surface area contributed by atoms with Gasteiger partial charge < -0.3 is 4.84 Å². The van der Waals surface area contributed by atoms with Crippen LogP contribution in [0.4, 0.5) is 0 Å². The Bertz CT molecular complexity index is 109. The molecule has 0 bridgehead atoms. The molecule has 0 radical (unpaired) electrons. The van der Waals surface area contributed by atoms with Gasteiger partial charge in [0.2, 0.25) is 0 Å². The predicted octanol–water partition coefficient (Wildman–Crippen LogP) is 0.624. The molecular formula is C8H21N3O. The van der Waals surface area contributed by atoms with Gasteiger partial charge in [-0.1, -0.05) is 0 Å². The summed E-state index contributed by atoms with van der Waals surface area (Å²) < 4.78 is 0. The lowest BCUT2D eigenvalue weighted by Gasteiger charge is -2.34. The highest BCUT2D eigenvalue weighted by molar-refractivity contribution is 4.54. The minimum Gasteiger partial charge on any atom is -0.301 e. The second kappa shape index (κ2) is 5.48. The van der Waals surface area contributed by atoms with Crippen LogP contribution >= 0.6 is 0 Å². The molecule has 0 spiro atoms. The van der Waals surface area contributed by atoms with Gasteiger partial charge in [-0.3, -0.25) is 0 Å². The average Bonchev–Trinajstić information content (AvgIpc) is 1.98. The molecule has 0 rings (SSSR count). The number of rotatable bonds is 5. The monoisotopic (exact) mass is 175 g/mol. The van der Waals surface area contributed by atoms with Crippen molar-refractivity contribution in [1.29, 1.82) is 0 Å². The molecule has 0 saturated carbocycles. The highest BCUT2D eigenvalue weighted by atomic mass is 16.7. The highest BCUT2D eigenvalue weighted by Crippen LogP contribution is 2.00. The molecule has 4 nitrogen and oxygen atoms in total. The topological polar surface area (TPSA) is 19.0 Å². The molecule has 4 heteroatoms. The molecular weight excluding hydrogens is 154 g/mol. The molecule has 0 unspecified atom stereocenters. The zero-order chi connectivity index (χ0) is 9.72. The van der Waals surface area contributed by atoms with Gasteiger partial charge in [-0.15, -0.1) is 0 Å². The van der Waals surface area contributed by atoms with E-state index in [9.17, 15) is 0 Å². The van der Waals surface area contributed by atoms with Crippen molar-refractivity contribution in [2.75, 3.05) is 34.9 Å². The molecule has 74 valence electrons. The first-order valence-electron chi connectivity index (χ1n) is 4.18. The molecule has 0 aromatic carbocycles. The van der Waals surface area contributed by atoms with Crippen molar-refractivity contribution in [2.24, 2.45) is 0 Å². The van der Waals surface area contributed by atoms with Crippen molar-refractivity contribution in [3.8, 4) is 0 Å². The third kappa shape index (κ3) is 4.01. The largest absolute Gasteiger partial charge is 0.301 e. The maximum atomic E-state index is 5.05. The SMILES string of the molecule is CON(C)CN(C(C)C)N(C)C. The smallest absolute Gasteiger partial charge is 0.0892 e. The minimum absolute atomic E-state index is 0.484. The summed E-state index contributed by atoms with van der Waals surface area (Å²) in [7, 11) is 7.65. The molecule has 0 heterocycles. The summed E-state index contributed by atoms with van der Waals surface area (Å²) in [4.78, 5) is 5.05. The van der Waals surface area contributed by atoms with Crippen molar-refractivity contribution in [2.45, 2.75) is 19.9 Å². The Balaban J connectivity index is 3.95. The standard InChI is InChI=1S/C8H21N3O/c1-8(2)11(9(3)4)7-10(5)12-6/h8H,7H2,1-6H3. The lowest BCUT2D eigenvalue weighted by molar-refractivity contribution is -0.177. The van der Waals surface area contributed by atoms with Crippen LogP contribution in [0.25, 0.3) is 0 Å². The molecule has 0 aliphatic heterocycles. The van der Waals surface area contributed by atoms with E-state index < -0.39 is 0 Å². The van der Waals surface area contributed by atoms with Gasteiger partial charge >= 0.3 is 0 Å². The van der Waals surface area contributed by atoms with Gasteiger partial charge in [0.25, 0.3) is 0 Å². The van der Waals surface area contributed by atoms with Gasteiger partial charge in [-0.25, -0.2) is 10.0 Å². The Morgan fingerprint density at radius 1 is 1.17 bits per heavy atom. The molecule has 12 heavy (non-hydrogen) atoms. The minimum atomic E-state index is 0.484. The Morgan fingerprint density at radius 2 is 1.67 bits per heavy atom. The highest BCUT2D eigenvalue weighted by Gasteiger charge is 2.13. The van der Waals surface area contributed by atoms with Crippen LogP contribution in [0.15, 0.2) is 0 Å². The van der Waals surface area contributed by atoms with Crippen LogP contribution in [0.3, 0.4) is 0 Å². The summed E-state index contributed by atoms with van der Waals surface area (Å²) in [5, 5.41) is 6.06. The Hall–Kier alpha value is -0.160. The molecule has 0 aliphatic carbocycles. The van der Waals surface area contributed by atoms with Crippen molar-refractivity contribution < 1.29 is 4.84 Å². The normalized spacial score (nSPS) is 12.5. The molecule has 0 amide bonds. The molecule has 0 aliphatic rings. The molecule has 0 aromatic heterocycles. The van der Waals surface area contributed by atoms with Crippen LogP contribution in [-0.4, -0.2) is 56.0 Å². The van der Waals surface area contributed by atoms with Crippen molar-refractivity contribution in [3.05, 3.63) is 0 Å². The number of nitrogens with zero attached hydrogens (tertiary/aromatic N) is 3. The maximum Gasteiger partial charge on any atom is 0.0892 e. The number of hydrazine groups is 1.